The molecule has 1 aromatic rings. The molecule has 0 radical (unpaired) electrons. The van der Waals surface area contributed by atoms with Crippen LogP contribution in [0.15, 0.2) is 47.9 Å². The molecule has 2 aliphatic rings. The summed E-state index contributed by atoms with van der Waals surface area (Å²) in [4.78, 5) is 84.1. The maximum absolute atomic E-state index is 12.9. The first-order valence-corrected chi connectivity index (χ1v) is 15.4. The Labute approximate surface area is 291 Å². The molecule has 1 aromatic carbocycles. The Balaban J connectivity index is 1.84. The van der Waals surface area contributed by atoms with E-state index in [2.05, 4.69) is 0 Å². The number of benzene rings is 1. The number of esters is 6. The van der Waals surface area contributed by atoms with E-state index in [0.717, 1.165) is 39.5 Å². The summed E-state index contributed by atoms with van der Waals surface area (Å²) in [5.74, 6) is -7.27. The maximum atomic E-state index is 12.9. The van der Waals surface area contributed by atoms with E-state index in [9.17, 15) is 43.8 Å². The van der Waals surface area contributed by atoms with E-state index in [1.54, 1.807) is 24.3 Å². The predicted octanol–water partition coefficient (Wildman–Crippen LogP) is 1.57. The van der Waals surface area contributed by atoms with Gasteiger partial charge in [0.25, 0.3) is 0 Å². The van der Waals surface area contributed by atoms with Crippen LogP contribution in [0.4, 0.5) is 0 Å². The zero-order valence-corrected chi connectivity index (χ0v) is 28.3. The van der Waals surface area contributed by atoms with Crippen LogP contribution in [0.1, 0.15) is 46.6 Å². The lowest BCUT2D eigenvalue weighted by atomic mass is 9.87. The van der Waals surface area contributed by atoms with E-state index in [4.69, 9.17) is 42.6 Å². The molecule has 3 rings (SSSR count). The third-order valence-electron chi connectivity index (χ3n) is 7.18. The van der Waals surface area contributed by atoms with Gasteiger partial charge in [-0.3, -0.25) is 28.8 Å². The first-order chi connectivity index (χ1) is 24.1. The number of carboxylic acids is 1. The SMILES string of the molecule is CC(=O)OC[C@@H]1O[C@H](O[C@H]2OC=C(C(=O)O)[C@@H](CC(=O)OCCc3ccc(OC(C)=O)cc3)/C2=C\O)[C@@H](OC(C)=O)[C@H](OC(C)=O)[C@H]1OC(C)=O. The quantitative estimate of drug-likeness (QED) is 0.120. The highest BCUT2D eigenvalue weighted by molar-refractivity contribution is 5.89. The fraction of sp³-hybridized carbons (Fsp3) is 0.485. The van der Waals surface area contributed by atoms with Gasteiger partial charge in [-0.25, -0.2) is 4.79 Å². The Hall–Kier alpha value is -5.49. The number of aliphatic hydroxyl groups is 1. The molecule has 1 saturated heterocycles. The van der Waals surface area contributed by atoms with Crippen molar-refractivity contribution in [3.63, 3.8) is 0 Å². The van der Waals surface area contributed by atoms with Crippen molar-refractivity contribution in [2.45, 2.75) is 84.5 Å². The Morgan fingerprint density at radius 2 is 1.39 bits per heavy atom. The average molecular weight is 723 g/mol. The van der Waals surface area contributed by atoms with Crippen molar-refractivity contribution in [3.8, 4) is 5.75 Å². The summed E-state index contributed by atoms with van der Waals surface area (Å²) >= 11 is 0. The minimum atomic E-state index is -1.76. The molecule has 18 nitrogen and oxygen atoms in total. The lowest BCUT2D eigenvalue weighted by Crippen LogP contribution is -2.63. The molecule has 51 heavy (non-hydrogen) atoms. The molecule has 0 amide bonds. The van der Waals surface area contributed by atoms with Crippen molar-refractivity contribution >= 4 is 41.8 Å². The third-order valence-corrected chi connectivity index (χ3v) is 7.18. The highest BCUT2D eigenvalue weighted by Crippen LogP contribution is 2.37. The highest BCUT2D eigenvalue weighted by atomic mass is 16.8. The molecule has 18 heteroatoms. The average Bonchev–Trinajstić information content (AvgIpc) is 3.02. The first-order valence-electron chi connectivity index (χ1n) is 15.4. The number of carboxylic acid groups (broad SMARTS) is 1. The van der Waals surface area contributed by atoms with Crippen molar-refractivity contribution in [2.75, 3.05) is 13.2 Å². The second kappa shape index (κ2) is 18.5. The zero-order valence-electron chi connectivity index (χ0n) is 28.3. The molecule has 0 aromatic heterocycles. The van der Waals surface area contributed by atoms with Gasteiger partial charge in [0.15, 0.2) is 18.3 Å². The van der Waals surface area contributed by atoms with Gasteiger partial charge in [0.1, 0.15) is 18.5 Å². The largest absolute Gasteiger partial charge is 0.515 e. The van der Waals surface area contributed by atoms with E-state index in [0.29, 0.717) is 12.0 Å². The van der Waals surface area contributed by atoms with Gasteiger partial charge >= 0.3 is 41.8 Å². The highest BCUT2D eigenvalue weighted by Gasteiger charge is 2.54. The molecule has 0 aliphatic carbocycles. The monoisotopic (exact) mass is 722 g/mol. The number of aliphatic hydroxyl groups excluding tert-OH is 1. The molecule has 0 spiro atoms. The summed E-state index contributed by atoms with van der Waals surface area (Å²) in [6.45, 7) is 4.79. The van der Waals surface area contributed by atoms with Crippen molar-refractivity contribution in [3.05, 3.63) is 53.5 Å². The summed E-state index contributed by atoms with van der Waals surface area (Å²) in [7, 11) is 0. The third kappa shape index (κ3) is 11.8. The van der Waals surface area contributed by atoms with E-state index in [1.807, 2.05) is 0 Å². The Morgan fingerprint density at radius 1 is 0.784 bits per heavy atom. The fourth-order valence-corrected chi connectivity index (χ4v) is 5.15. The van der Waals surface area contributed by atoms with E-state index in [-0.39, 0.29) is 18.6 Å². The van der Waals surface area contributed by atoms with Crippen LogP contribution in [0.5, 0.6) is 5.75 Å². The van der Waals surface area contributed by atoms with Crippen LogP contribution >= 0.6 is 0 Å². The molecule has 0 unspecified atom stereocenters. The van der Waals surface area contributed by atoms with Crippen LogP contribution in [0.3, 0.4) is 0 Å². The second-order valence-electron chi connectivity index (χ2n) is 11.1. The number of aliphatic carboxylic acids is 1. The fourth-order valence-electron chi connectivity index (χ4n) is 5.15. The Morgan fingerprint density at radius 3 is 1.94 bits per heavy atom. The van der Waals surface area contributed by atoms with Crippen LogP contribution in [0, 0.1) is 5.92 Å². The van der Waals surface area contributed by atoms with Gasteiger partial charge in [0.2, 0.25) is 12.6 Å². The maximum Gasteiger partial charge on any atom is 0.335 e. The van der Waals surface area contributed by atoms with Crippen molar-refractivity contribution in [1.29, 1.82) is 0 Å². The minimum absolute atomic E-state index is 0.107. The molecule has 2 heterocycles. The van der Waals surface area contributed by atoms with Crippen LogP contribution in [-0.2, 0) is 77.9 Å². The van der Waals surface area contributed by atoms with E-state index < -0.39 is 103 Å². The van der Waals surface area contributed by atoms with Crippen molar-refractivity contribution in [1.82, 2.24) is 0 Å². The predicted molar refractivity (Wildman–Crippen MR) is 165 cm³/mol. The first kappa shape index (κ1) is 39.9. The number of carbonyl (C=O) groups is 7. The second-order valence-corrected chi connectivity index (χ2v) is 11.1. The summed E-state index contributed by atoms with van der Waals surface area (Å²) in [6.07, 6.45) is -8.66. The molecule has 0 saturated carbocycles. The van der Waals surface area contributed by atoms with Crippen LogP contribution in [0.25, 0.3) is 0 Å². The lowest BCUT2D eigenvalue weighted by Gasteiger charge is -2.45. The Bertz CT molecular complexity index is 1530. The smallest absolute Gasteiger partial charge is 0.335 e. The molecule has 7 atom stereocenters. The molecular formula is C33H38O18. The van der Waals surface area contributed by atoms with Gasteiger partial charge in [-0.05, 0) is 17.7 Å². The summed E-state index contributed by atoms with van der Waals surface area (Å²) < 4.78 is 48.7. The molecule has 0 bridgehead atoms. The lowest BCUT2D eigenvalue weighted by molar-refractivity contribution is -0.331. The standard InChI is InChI=1S/C33H38O18/c1-16(35)44-15-26-28(47-18(3)37)29(48-19(4)38)30(49-20(5)39)33(50-26)51-32-24(13-34)23(25(14-45-32)31(41)42)12-27(40)43-11-10-21-6-8-22(9-7-21)46-17(2)36/h6-9,13-14,23,26,28-30,32-34H,10-12,15H2,1-5H3,(H,41,42)/b24-13+/t23-,26-,28-,29+,30-,32+,33+/m0/s1. The summed E-state index contributed by atoms with van der Waals surface area (Å²) in [5, 5.41) is 20.1. The molecule has 1 fully saturated rings. The van der Waals surface area contributed by atoms with Crippen LogP contribution in [0.2, 0.25) is 0 Å². The van der Waals surface area contributed by atoms with Gasteiger partial charge in [-0.2, -0.15) is 0 Å². The number of ether oxygens (including phenoxy) is 9. The molecule has 2 aliphatic heterocycles. The normalized spacial score (nSPS) is 24.9. The zero-order chi connectivity index (χ0) is 37.8. The number of carbonyl (C=O) groups excluding carboxylic acids is 6. The van der Waals surface area contributed by atoms with E-state index in [1.165, 1.54) is 6.92 Å². The number of hydrogen-bond donors (Lipinski definition) is 2. The Kier molecular flexibility index (Phi) is 14.5. The van der Waals surface area contributed by atoms with Crippen LogP contribution in [-0.4, -0.2) is 102 Å². The molecular weight excluding hydrogens is 684 g/mol. The van der Waals surface area contributed by atoms with Gasteiger partial charge in [0, 0.05) is 52.5 Å². The van der Waals surface area contributed by atoms with Gasteiger partial charge in [0.05, 0.1) is 31.1 Å². The molecule has 2 N–H and O–H groups in total. The summed E-state index contributed by atoms with van der Waals surface area (Å²) in [6, 6.07) is 6.46. The minimum Gasteiger partial charge on any atom is -0.515 e. The van der Waals surface area contributed by atoms with Gasteiger partial charge in [-0.15, -0.1) is 0 Å². The van der Waals surface area contributed by atoms with Crippen LogP contribution < -0.4 is 4.74 Å². The number of rotatable bonds is 14. The number of hydrogen-bond acceptors (Lipinski definition) is 17. The van der Waals surface area contributed by atoms with Gasteiger partial charge in [-0.1, -0.05) is 12.1 Å². The van der Waals surface area contributed by atoms with Crippen molar-refractivity contribution < 1.29 is 86.4 Å². The topological polar surface area (TPSA) is 243 Å². The van der Waals surface area contributed by atoms with Gasteiger partial charge < -0.3 is 52.8 Å². The van der Waals surface area contributed by atoms with Crippen molar-refractivity contribution in [2.24, 2.45) is 5.92 Å². The van der Waals surface area contributed by atoms with E-state index >= 15 is 0 Å². The summed E-state index contributed by atoms with van der Waals surface area (Å²) in [5.41, 5.74) is 0.000546. The molecule has 278 valence electrons.